The first-order chi connectivity index (χ1) is 54.1. The Bertz CT molecular complexity index is 2840. The van der Waals surface area contributed by atoms with Gasteiger partial charge in [-0.2, -0.15) is 0 Å². The minimum absolute atomic E-state index is 0.00394. The minimum Gasteiger partial charge on any atom is -0.463 e. The summed E-state index contributed by atoms with van der Waals surface area (Å²) in [5, 5.41) is 42.5. The summed E-state index contributed by atoms with van der Waals surface area (Å²) in [5.41, 5.74) is -3.10. The van der Waals surface area contributed by atoms with Gasteiger partial charge >= 0.3 is 47.8 Å². The number of rotatable bonds is 29. The van der Waals surface area contributed by atoms with Gasteiger partial charge in [-0.3, -0.25) is 38.4 Å². The van der Waals surface area contributed by atoms with Gasteiger partial charge in [-0.25, -0.2) is 0 Å². The van der Waals surface area contributed by atoms with Crippen molar-refractivity contribution in [1.29, 1.82) is 0 Å². The van der Waals surface area contributed by atoms with E-state index in [9.17, 15) is 38.4 Å². The average Bonchev–Trinajstić information content (AvgIpc) is 1.55. The summed E-state index contributed by atoms with van der Waals surface area (Å²) in [6, 6.07) is 0. The lowest BCUT2D eigenvalue weighted by Crippen LogP contribution is -2.53. The van der Waals surface area contributed by atoms with E-state index in [1.54, 1.807) is 13.8 Å². The van der Waals surface area contributed by atoms with Gasteiger partial charge in [-0.15, -0.1) is 0 Å². The van der Waals surface area contributed by atoms with Crippen LogP contribution in [-0.4, -0.2) is 156 Å². The first kappa shape index (κ1) is 106. The van der Waals surface area contributed by atoms with E-state index in [-0.39, 0.29) is 146 Å². The molecule has 8 bridgehead atoms. The fourth-order valence-electron chi connectivity index (χ4n) is 17.7. The van der Waals surface area contributed by atoms with Crippen LogP contribution in [0.2, 0.25) is 0 Å². The Morgan fingerprint density at radius 1 is 0.328 bits per heavy atom. The molecule has 0 aromatic heterocycles. The Kier molecular flexibility index (Phi) is 44.1. The molecule has 11 atom stereocenters. The van der Waals surface area contributed by atoms with Crippen molar-refractivity contribution in [2.24, 2.45) is 108 Å². The average molecular weight is 1650 g/mol. The van der Waals surface area contributed by atoms with Gasteiger partial charge in [-0.1, -0.05) is 87.5 Å². The van der Waals surface area contributed by atoms with E-state index >= 15 is 0 Å². The molecule has 11 rings (SSSR count). The smallest absolute Gasteiger partial charge is 0.312 e. The molecular formula is C95H170O21. The summed E-state index contributed by atoms with van der Waals surface area (Å²) >= 11 is 0. The van der Waals surface area contributed by atoms with Crippen LogP contribution in [0.15, 0.2) is 0 Å². The highest BCUT2D eigenvalue weighted by molar-refractivity contribution is 5.79. The number of hydrogen-bond acceptors (Lipinski definition) is 21. The van der Waals surface area contributed by atoms with Crippen LogP contribution in [0.25, 0.3) is 0 Å². The van der Waals surface area contributed by atoms with E-state index in [4.69, 9.17) is 63.4 Å². The number of aliphatic hydroxyl groups excluding tert-OH is 5. The highest BCUT2D eigenvalue weighted by Crippen LogP contribution is 2.68. The molecule has 116 heavy (non-hydrogen) atoms. The van der Waals surface area contributed by atoms with E-state index in [0.29, 0.717) is 12.3 Å². The molecule has 0 saturated heterocycles. The third kappa shape index (κ3) is 32.4. The van der Waals surface area contributed by atoms with Crippen LogP contribution < -0.4 is 0 Å². The molecule has 0 radical (unpaired) electrons. The van der Waals surface area contributed by atoms with Crippen molar-refractivity contribution < 1.29 is 102 Å². The maximum atomic E-state index is 12.4. The van der Waals surface area contributed by atoms with Crippen molar-refractivity contribution in [3.8, 4) is 0 Å². The van der Waals surface area contributed by atoms with Crippen molar-refractivity contribution in [2.45, 2.75) is 395 Å². The second-order valence-electron chi connectivity index (χ2n) is 41.0. The van der Waals surface area contributed by atoms with Gasteiger partial charge in [-0.05, 0) is 343 Å². The van der Waals surface area contributed by atoms with Crippen LogP contribution in [0.1, 0.15) is 365 Å². The molecular weight excluding hydrogens is 1480 g/mol. The number of aliphatic hydroxyl groups is 5. The van der Waals surface area contributed by atoms with Gasteiger partial charge in [0.05, 0.1) is 69.7 Å². The molecule has 0 amide bonds. The third-order valence-electron chi connectivity index (χ3n) is 28.9. The summed E-state index contributed by atoms with van der Waals surface area (Å²) in [6.45, 7) is 45.8. The molecule has 11 aliphatic rings. The maximum absolute atomic E-state index is 12.4. The van der Waals surface area contributed by atoms with E-state index in [1.165, 1.54) is 103 Å². The Labute approximate surface area is 702 Å². The largest absolute Gasteiger partial charge is 0.463 e. The Morgan fingerprint density at radius 2 is 0.664 bits per heavy atom. The summed E-state index contributed by atoms with van der Waals surface area (Å²) < 4.78 is 42.4. The SMILES string of the molecule is CCC(C)(C)C(=O)OC12CC3CC(CC(C3)C1)C2.CCC(C)(C)C(=O)OC1CC2CC1C1C3CCC(C3)C21.CCC(C)(C)C(=O)OC1CCC2CCCCC2C1.CCC(C)(C)C(=O)OC1CCCCC1.CCC(C)(C)C(=O)OCC(O)CO.CCC(C)(C)C(=O)OCCO.CCC(C)(C)C(=O)OCCO.CCC(C)(C)C(=O)OCCO. The molecule has 11 fully saturated rings. The highest BCUT2D eigenvalue weighted by atomic mass is 16.6. The zero-order valence-corrected chi connectivity index (χ0v) is 77.5. The zero-order chi connectivity index (χ0) is 88.0. The number of carbonyl (C=O) groups is 8. The first-order valence-electron chi connectivity index (χ1n) is 45.8. The normalized spacial score (nSPS) is 27.1. The maximum Gasteiger partial charge on any atom is 0.312 e. The van der Waals surface area contributed by atoms with Gasteiger partial charge in [0.2, 0.25) is 0 Å². The fraction of sp³-hybridized carbons (Fsp3) is 0.916. The third-order valence-corrected chi connectivity index (χ3v) is 28.9. The Hall–Kier alpha value is -4.44. The number of carbonyl (C=O) groups excluding carboxylic acids is 8. The van der Waals surface area contributed by atoms with Gasteiger partial charge in [0.15, 0.2) is 0 Å². The molecule has 0 aliphatic heterocycles. The first-order valence-corrected chi connectivity index (χ1v) is 45.8. The van der Waals surface area contributed by atoms with Crippen molar-refractivity contribution in [3.05, 3.63) is 0 Å². The van der Waals surface area contributed by atoms with Gasteiger partial charge in [0, 0.05) is 0 Å². The van der Waals surface area contributed by atoms with Crippen LogP contribution >= 0.6 is 0 Å². The van der Waals surface area contributed by atoms with E-state index in [2.05, 4.69) is 20.8 Å². The molecule has 676 valence electrons. The fourth-order valence-corrected chi connectivity index (χ4v) is 17.7. The summed E-state index contributed by atoms with van der Waals surface area (Å²) in [5.74, 6) is 8.77. The summed E-state index contributed by atoms with van der Waals surface area (Å²) in [6.07, 6.45) is 35.5. The molecule has 0 heterocycles. The molecule has 21 heteroatoms. The Morgan fingerprint density at radius 3 is 1.05 bits per heavy atom. The van der Waals surface area contributed by atoms with Crippen LogP contribution in [0.3, 0.4) is 0 Å². The van der Waals surface area contributed by atoms with Gasteiger partial charge in [0.25, 0.3) is 0 Å². The number of esters is 8. The van der Waals surface area contributed by atoms with Crippen LogP contribution in [0.5, 0.6) is 0 Å². The van der Waals surface area contributed by atoms with Crippen LogP contribution in [0, 0.1) is 108 Å². The predicted octanol–water partition coefficient (Wildman–Crippen LogP) is 18.8. The summed E-state index contributed by atoms with van der Waals surface area (Å²) in [4.78, 5) is 93.2. The van der Waals surface area contributed by atoms with Crippen molar-refractivity contribution in [3.63, 3.8) is 0 Å². The van der Waals surface area contributed by atoms with E-state index in [0.717, 1.165) is 149 Å². The Balaban J connectivity index is 0.000000347. The molecule has 11 aliphatic carbocycles. The van der Waals surface area contributed by atoms with Crippen LogP contribution in [-0.2, 0) is 76.3 Å². The van der Waals surface area contributed by atoms with Crippen molar-refractivity contribution in [2.75, 3.05) is 52.9 Å². The minimum atomic E-state index is -0.975. The molecule has 0 aromatic carbocycles. The topological polar surface area (TPSA) is 312 Å². The lowest BCUT2D eigenvalue weighted by atomic mass is 9.54. The molecule has 5 N–H and O–H groups in total. The van der Waals surface area contributed by atoms with E-state index in [1.807, 2.05) is 132 Å². The van der Waals surface area contributed by atoms with E-state index < -0.39 is 27.8 Å². The lowest BCUT2D eigenvalue weighted by molar-refractivity contribution is -0.196. The quantitative estimate of drug-likeness (QED) is 0.0264. The number of ether oxygens (including phenoxy) is 8. The molecule has 21 nitrogen and oxygen atoms in total. The van der Waals surface area contributed by atoms with Gasteiger partial charge < -0.3 is 63.4 Å². The molecule has 11 saturated carbocycles. The second-order valence-corrected chi connectivity index (χ2v) is 41.0. The summed E-state index contributed by atoms with van der Waals surface area (Å²) in [7, 11) is 0. The second kappa shape index (κ2) is 48.4. The monoisotopic (exact) mass is 1650 g/mol. The predicted molar refractivity (Wildman–Crippen MR) is 454 cm³/mol. The molecule has 0 aromatic rings. The van der Waals surface area contributed by atoms with Crippen molar-refractivity contribution in [1.82, 2.24) is 0 Å². The lowest BCUT2D eigenvalue weighted by Gasteiger charge is -2.56. The zero-order valence-electron chi connectivity index (χ0n) is 77.5. The molecule has 11 unspecified atom stereocenters. The number of fused-ring (bicyclic) bond motifs is 10. The van der Waals surface area contributed by atoms with Gasteiger partial charge in [0.1, 0.15) is 56.4 Å². The number of hydrogen-bond donors (Lipinski definition) is 5. The molecule has 0 spiro atoms. The van der Waals surface area contributed by atoms with Crippen molar-refractivity contribution >= 4 is 47.8 Å². The highest BCUT2D eigenvalue weighted by Gasteiger charge is 2.63. The standard InChI is InChI=1S/C18H28O2.C16H26O2.C16H28O2.C12H22O2.C9H18O4.3C8H16O3/c1-4-18(2,3)17(19)20-14-9-12-8-13(14)16-11-6-5-10(7-11)15(12)16;1-4-15(2,3)14(17)18-16-8-11-5-12(9-16)7-13(6-11)10-16;1-4-16(2,3)15(17)18-14-10-9-12-7-5-6-8-13(12)11-14;1-4-12(2,3)11(13)14-10-8-6-5-7-9-10;1-4-9(2,3)8(12)13-6-7(11)5-10;3*1-4-8(2,3)7(10)11-6-5-9/h10-16H,4-9H2,1-3H3;11-13H,4-10H2,1-3H3;12-14H,4-11H2,1-3H3;10H,4-9H2,1-3H3;7,10-11H,4-6H2,1-3H3;3*9H,4-6H2,1-3H3. The van der Waals surface area contributed by atoms with Crippen LogP contribution in [0.4, 0.5) is 0 Å².